The molecular formula is C22H20N4O3S. The van der Waals surface area contributed by atoms with E-state index in [-0.39, 0.29) is 29.4 Å². The lowest BCUT2D eigenvalue weighted by molar-refractivity contribution is -0.138. The number of rotatable bonds is 3. The first-order valence-corrected chi connectivity index (χ1v) is 10.8. The molecule has 3 amide bonds. The summed E-state index contributed by atoms with van der Waals surface area (Å²) in [7, 11) is 0. The molecule has 0 unspecified atom stereocenters. The second kappa shape index (κ2) is 7.28. The van der Waals surface area contributed by atoms with Crippen LogP contribution in [-0.4, -0.2) is 55.7 Å². The molecule has 2 aromatic heterocycles. The number of carbonyl (C=O) groups is 3. The number of hydrogen-bond acceptors (Lipinski definition) is 5. The van der Waals surface area contributed by atoms with E-state index in [0.717, 1.165) is 44.6 Å². The standard InChI is InChI=1S/C22H20N4O3S/c1-13-5-4-8-17(23-13)21-20-15(14-6-2-3-7-16(14)24-20)9-10-25(21)18(27)11-26-19(28)12-30-22(26)29/h2-8,21,24H,9-12H2,1H3/t21-/m0/s1. The molecule has 1 saturated heterocycles. The highest BCUT2D eigenvalue weighted by molar-refractivity contribution is 8.14. The Morgan fingerprint density at radius 1 is 1.20 bits per heavy atom. The van der Waals surface area contributed by atoms with E-state index in [1.807, 2.05) is 43.3 Å². The van der Waals surface area contributed by atoms with Crippen molar-refractivity contribution in [2.45, 2.75) is 19.4 Å². The van der Waals surface area contributed by atoms with Crippen molar-refractivity contribution in [3.05, 3.63) is 65.1 Å². The minimum Gasteiger partial charge on any atom is -0.356 e. The largest absolute Gasteiger partial charge is 0.356 e. The van der Waals surface area contributed by atoms with E-state index < -0.39 is 6.04 Å². The topological polar surface area (TPSA) is 86.4 Å². The number of pyridine rings is 1. The summed E-state index contributed by atoms with van der Waals surface area (Å²) in [6.07, 6.45) is 0.698. The Kier molecular flexibility index (Phi) is 4.58. The van der Waals surface area contributed by atoms with Gasteiger partial charge in [0, 0.05) is 28.8 Å². The Bertz CT molecular complexity index is 1170. The van der Waals surface area contributed by atoms with Gasteiger partial charge in [-0.1, -0.05) is 36.0 Å². The SMILES string of the molecule is Cc1cccc([C@H]2c3[nH]c4ccccc4c3CCN2C(=O)CN2C(=O)CSC2=O)n1. The molecule has 1 atom stereocenters. The summed E-state index contributed by atoms with van der Waals surface area (Å²) in [5.74, 6) is -0.468. The van der Waals surface area contributed by atoms with E-state index in [1.54, 1.807) is 4.90 Å². The lowest BCUT2D eigenvalue weighted by Crippen LogP contribution is -2.46. The van der Waals surface area contributed by atoms with Crippen LogP contribution in [0.3, 0.4) is 0 Å². The van der Waals surface area contributed by atoms with Gasteiger partial charge < -0.3 is 9.88 Å². The van der Waals surface area contributed by atoms with Crippen molar-refractivity contribution in [3.63, 3.8) is 0 Å². The van der Waals surface area contributed by atoms with Crippen LogP contribution in [0, 0.1) is 6.92 Å². The summed E-state index contributed by atoms with van der Waals surface area (Å²) < 4.78 is 0. The Balaban J connectivity index is 1.57. The average molecular weight is 420 g/mol. The number of para-hydroxylation sites is 1. The molecule has 152 valence electrons. The Labute approximate surface area is 177 Å². The minimum atomic E-state index is -0.394. The van der Waals surface area contributed by atoms with Gasteiger partial charge in [0.25, 0.3) is 5.24 Å². The monoisotopic (exact) mass is 420 g/mol. The van der Waals surface area contributed by atoms with Crippen molar-refractivity contribution in [1.29, 1.82) is 0 Å². The normalized spacial score (nSPS) is 18.9. The molecule has 0 spiro atoms. The zero-order valence-electron chi connectivity index (χ0n) is 16.4. The molecule has 2 aliphatic rings. The van der Waals surface area contributed by atoms with Crippen molar-refractivity contribution >= 4 is 39.7 Å². The van der Waals surface area contributed by atoms with Gasteiger partial charge in [0.15, 0.2) is 0 Å². The number of imide groups is 1. The number of aryl methyl sites for hydroxylation is 1. The maximum atomic E-state index is 13.3. The third-order valence-electron chi connectivity index (χ3n) is 5.68. The van der Waals surface area contributed by atoms with Gasteiger partial charge in [-0.3, -0.25) is 24.3 Å². The number of aromatic amines is 1. The fourth-order valence-corrected chi connectivity index (χ4v) is 5.02. The predicted molar refractivity (Wildman–Crippen MR) is 114 cm³/mol. The maximum Gasteiger partial charge on any atom is 0.289 e. The minimum absolute atomic E-state index is 0.0984. The third-order valence-corrected chi connectivity index (χ3v) is 6.54. The number of thioether (sulfide) groups is 1. The number of benzene rings is 1. The fourth-order valence-electron chi connectivity index (χ4n) is 4.29. The molecular weight excluding hydrogens is 400 g/mol. The molecule has 8 heteroatoms. The van der Waals surface area contributed by atoms with Crippen LogP contribution < -0.4 is 0 Å². The van der Waals surface area contributed by atoms with Gasteiger partial charge in [0.05, 0.1) is 11.4 Å². The molecule has 0 aliphatic carbocycles. The Morgan fingerprint density at radius 2 is 2.03 bits per heavy atom. The highest BCUT2D eigenvalue weighted by atomic mass is 32.2. The van der Waals surface area contributed by atoms with Crippen molar-refractivity contribution in [2.24, 2.45) is 0 Å². The Hall–Kier alpha value is -3.13. The summed E-state index contributed by atoms with van der Waals surface area (Å²) in [5.41, 5.74) is 4.79. The molecule has 2 aliphatic heterocycles. The van der Waals surface area contributed by atoms with Gasteiger partial charge in [0.2, 0.25) is 11.8 Å². The molecule has 0 bridgehead atoms. The van der Waals surface area contributed by atoms with Crippen molar-refractivity contribution in [2.75, 3.05) is 18.8 Å². The summed E-state index contributed by atoms with van der Waals surface area (Å²) >= 11 is 0.941. The number of nitrogens with zero attached hydrogens (tertiary/aromatic N) is 3. The van der Waals surface area contributed by atoms with Crippen LogP contribution in [0.5, 0.6) is 0 Å². The molecule has 4 heterocycles. The van der Waals surface area contributed by atoms with E-state index in [9.17, 15) is 14.4 Å². The fraction of sp³-hybridized carbons (Fsp3) is 0.273. The van der Waals surface area contributed by atoms with Crippen molar-refractivity contribution in [3.8, 4) is 0 Å². The van der Waals surface area contributed by atoms with Gasteiger partial charge in [-0.25, -0.2) is 0 Å². The van der Waals surface area contributed by atoms with Gasteiger partial charge in [0.1, 0.15) is 12.6 Å². The zero-order chi connectivity index (χ0) is 20.8. The van der Waals surface area contributed by atoms with Crippen LogP contribution in [0.2, 0.25) is 0 Å². The summed E-state index contributed by atoms with van der Waals surface area (Å²) in [6.45, 7) is 2.18. The highest BCUT2D eigenvalue weighted by Gasteiger charge is 2.38. The van der Waals surface area contributed by atoms with E-state index in [4.69, 9.17) is 4.98 Å². The molecule has 1 fully saturated rings. The smallest absolute Gasteiger partial charge is 0.289 e. The van der Waals surface area contributed by atoms with Gasteiger partial charge in [-0.15, -0.1) is 0 Å². The van der Waals surface area contributed by atoms with Crippen LogP contribution in [0.1, 0.15) is 28.7 Å². The van der Waals surface area contributed by atoms with Crippen molar-refractivity contribution < 1.29 is 14.4 Å². The van der Waals surface area contributed by atoms with Crippen LogP contribution in [0.15, 0.2) is 42.5 Å². The van der Waals surface area contributed by atoms with Gasteiger partial charge >= 0.3 is 0 Å². The number of H-pyrrole nitrogens is 1. The van der Waals surface area contributed by atoms with E-state index in [2.05, 4.69) is 11.1 Å². The van der Waals surface area contributed by atoms with Crippen molar-refractivity contribution in [1.82, 2.24) is 19.8 Å². The quantitative estimate of drug-likeness (QED) is 0.704. The van der Waals surface area contributed by atoms with Crippen LogP contribution in [0.4, 0.5) is 4.79 Å². The number of fused-ring (bicyclic) bond motifs is 3. The summed E-state index contributed by atoms with van der Waals surface area (Å²) in [4.78, 5) is 48.3. The predicted octanol–water partition coefficient (Wildman–Crippen LogP) is 3.04. The van der Waals surface area contributed by atoms with Crippen LogP contribution in [-0.2, 0) is 16.0 Å². The second-order valence-corrected chi connectivity index (χ2v) is 8.47. The first kappa shape index (κ1) is 18.9. The number of nitrogens with one attached hydrogen (secondary N) is 1. The van der Waals surface area contributed by atoms with E-state index in [1.165, 1.54) is 5.56 Å². The summed E-state index contributed by atoms with van der Waals surface area (Å²) in [5, 5.41) is 0.792. The molecule has 7 nitrogen and oxygen atoms in total. The highest BCUT2D eigenvalue weighted by Crippen LogP contribution is 2.38. The van der Waals surface area contributed by atoms with Gasteiger partial charge in [-0.05, 0) is 37.1 Å². The lowest BCUT2D eigenvalue weighted by Gasteiger charge is -2.36. The molecule has 1 N–H and O–H groups in total. The average Bonchev–Trinajstić information content (AvgIpc) is 3.27. The second-order valence-electron chi connectivity index (χ2n) is 7.54. The van der Waals surface area contributed by atoms with E-state index >= 15 is 0 Å². The third kappa shape index (κ3) is 3.08. The number of aromatic nitrogens is 2. The molecule has 3 aromatic rings. The number of hydrogen-bond donors (Lipinski definition) is 1. The number of carbonyl (C=O) groups excluding carboxylic acids is 3. The first-order valence-electron chi connectivity index (χ1n) is 9.82. The lowest BCUT2D eigenvalue weighted by atomic mass is 9.94. The number of amides is 3. The first-order chi connectivity index (χ1) is 14.5. The molecule has 0 saturated carbocycles. The molecule has 0 radical (unpaired) electrons. The maximum absolute atomic E-state index is 13.3. The Morgan fingerprint density at radius 3 is 2.80 bits per heavy atom. The molecule has 1 aromatic carbocycles. The molecule has 5 rings (SSSR count). The summed E-state index contributed by atoms with van der Waals surface area (Å²) in [6, 6.07) is 13.5. The molecule has 30 heavy (non-hydrogen) atoms. The van der Waals surface area contributed by atoms with Crippen LogP contribution >= 0.6 is 11.8 Å². The van der Waals surface area contributed by atoms with Gasteiger partial charge in [-0.2, -0.15) is 0 Å². The van der Waals surface area contributed by atoms with E-state index in [0.29, 0.717) is 13.0 Å². The van der Waals surface area contributed by atoms with Crippen LogP contribution in [0.25, 0.3) is 10.9 Å². The zero-order valence-corrected chi connectivity index (χ0v) is 17.2.